The lowest BCUT2D eigenvalue weighted by molar-refractivity contribution is 0.0741. The SMILES string of the molecule is COc1cc(F)c(C(C)(C)O)cc1O. The van der Waals surface area contributed by atoms with Gasteiger partial charge in [0.15, 0.2) is 11.5 Å². The van der Waals surface area contributed by atoms with E-state index in [9.17, 15) is 14.6 Å². The molecule has 0 spiro atoms. The first-order valence-electron chi connectivity index (χ1n) is 4.15. The first-order chi connectivity index (χ1) is 6.36. The Bertz CT molecular complexity index is 342. The molecule has 0 atom stereocenters. The third-order valence-electron chi connectivity index (χ3n) is 1.93. The third kappa shape index (κ3) is 1.96. The number of ether oxygens (including phenoxy) is 1. The molecule has 0 aliphatic heterocycles. The number of phenolic OH excluding ortho intramolecular Hbond substituents is 1. The van der Waals surface area contributed by atoms with Gasteiger partial charge in [0.1, 0.15) is 5.82 Å². The number of benzene rings is 1. The number of methoxy groups -OCH3 is 1. The van der Waals surface area contributed by atoms with E-state index in [4.69, 9.17) is 4.74 Å². The van der Waals surface area contributed by atoms with E-state index in [1.54, 1.807) is 0 Å². The normalized spacial score (nSPS) is 11.5. The predicted molar refractivity (Wildman–Crippen MR) is 49.9 cm³/mol. The summed E-state index contributed by atoms with van der Waals surface area (Å²) in [6.45, 7) is 2.88. The minimum absolute atomic E-state index is 0.0378. The first kappa shape index (κ1) is 10.8. The monoisotopic (exact) mass is 200 g/mol. The maximum absolute atomic E-state index is 13.4. The Kier molecular flexibility index (Phi) is 2.66. The van der Waals surface area contributed by atoms with Gasteiger partial charge in [0.05, 0.1) is 12.7 Å². The molecule has 2 N–H and O–H groups in total. The van der Waals surface area contributed by atoms with Crippen molar-refractivity contribution in [2.24, 2.45) is 0 Å². The minimum Gasteiger partial charge on any atom is -0.504 e. The zero-order chi connectivity index (χ0) is 10.9. The second kappa shape index (κ2) is 3.46. The molecule has 1 aromatic rings. The highest BCUT2D eigenvalue weighted by atomic mass is 19.1. The van der Waals surface area contributed by atoms with Crippen molar-refractivity contribution in [3.05, 3.63) is 23.5 Å². The lowest BCUT2D eigenvalue weighted by Gasteiger charge is -2.19. The van der Waals surface area contributed by atoms with Crippen LogP contribution in [0.5, 0.6) is 11.5 Å². The van der Waals surface area contributed by atoms with E-state index in [1.807, 2.05) is 0 Å². The number of hydrogen-bond acceptors (Lipinski definition) is 3. The van der Waals surface area contributed by atoms with Gasteiger partial charge in [-0.2, -0.15) is 0 Å². The summed E-state index contributed by atoms with van der Waals surface area (Å²) in [6.07, 6.45) is 0. The molecule has 3 nitrogen and oxygen atoms in total. The van der Waals surface area contributed by atoms with Gasteiger partial charge in [-0.05, 0) is 19.9 Å². The zero-order valence-electron chi connectivity index (χ0n) is 8.34. The predicted octanol–water partition coefficient (Wildman–Crippen LogP) is 1.77. The molecule has 0 saturated heterocycles. The number of phenols is 1. The molecule has 14 heavy (non-hydrogen) atoms. The fourth-order valence-corrected chi connectivity index (χ4v) is 1.18. The summed E-state index contributed by atoms with van der Waals surface area (Å²) < 4.78 is 18.1. The average Bonchev–Trinajstić information content (AvgIpc) is 2.06. The van der Waals surface area contributed by atoms with Gasteiger partial charge in [0.2, 0.25) is 0 Å². The maximum atomic E-state index is 13.4. The van der Waals surface area contributed by atoms with Crippen LogP contribution in [-0.2, 0) is 5.60 Å². The van der Waals surface area contributed by atoms with Gasteiger partial charge in [-0.1, -0.05) is 0 Å². The van der Waals surface area contributed by atoms with Crippen molar-refractivity contribution in [2.75, 3.05) is 7.11 Å². The molecule has 0 aliphatic carbocycles. The van der Waals surface area contributed by atoms with Gasteiger partial charge in [0, 0.05) is 11.6 Å². The molecule has 1 aromatic carbocycles. The number of halogens is 1. The third-order valence-corrected chi connectivity index (χ3v) is 1.93. The van der Waals surface area contributed by atoms with Crippen molar-refractivity contribution < 1.29 is 19.3 Å². The summed E-state index contributed by atoms with van der Waals surface area (Å²) in [5.74, 6) is -0.742. The van der Waals surface area contributed by atoms with Crippen LogP contribution in [0.15, 0.2) is 12.1 Å². The molecule has 0 bridgehead atoms. The molecule has 0 fully saturated rings. The molecule has 0 unspecified atom stereocenters. The van der Waals surface area contributed by atoms with Crippen molar-refractivity contribution in [1.82, 2.24) is 0 Å². The molecule has 0 radical (unpaired) electrons. The maximum Gasteiger partial charge on any atom is 0.163 e. The summed E-state index contributed by atoms with van der Waals surface area (Å²) in [5.41, 5.74) is -1.29. The van der Waals surface area contributed by atoms with E-state index in [0.717, 1.165) is 12.1 Å². The molecule has 0 aliphatic rings. The second-order valence-corrected chi connectivity index (χ2v) is 3.56. The van der Waals surface area contributed by atoms with Gasteiger partial charge in [-0.25, -0.2) is 4.39 Å². The van der Waals surface area contributed by atoms with E-state index in [2.05, 4.69) is 0 Å². The van der Waals surface area contributed by atoms with E-state index < -0.39 is 11.4 Å². The quantitative estimate of drug-likeness (QED) is 0.764. The summed E-state index contributed by atoms with van der Waals surface area (Å²) in [7, 11) is 1.33. The summed E-state index contributed by atoms with van der Waals surface area (Å²) >= 11 is 0. The summed E-state index contributed by atoms with van der Waals surface area (Å²) in [6, 6.07) is 2.21. The Morgan fingerprint density at radius 3 is 2.36 bits per heavy atom. The lowest BCUT2D eigenvalue weighted by Crippen LogP contribution is -2.17. The second-order valence-electron chi connectivity index (χ2n) is 3.56. The van der Waals surface area contributed by atoms with Crippen LogP contribution in [0.4, 0.5) is 4.39 Å². The highest BCUT2D eigenvalue weighted by molar-refractivity contribution is 5.44. The fraction of sp³-hybridized carbons (Fsp3) is 0.400. The Hall–Kier alpha value is -1.29. The van der Waals surface area contributed by atoms with Gasteiger partial charge in [-0.3, -0.25) is 0 Å². The largest absolute Gasteiger partial charge is 0.504 e. The highest BCUT2D eigenvalue weighted by Gasteiger charge is 2.22. The van der Waals surface area contributed by atoms with Gasteiger partial charge in [-0.15, -0.1) is 0 Å². The van der Waals surface area contributed by atoms with Crippen molar-refractivity contribution in [2.45, 2.75) is 19.4 Å². The Balaban J connectivity index is 3.29. The number of rotatable bonds is 2. The summed E-state index contributed by atoms with van der Waals surface area (Å²) in [5, 5.41) is 18.9. The molecule has 78 valence electrons. The molecular formula is C10H13FO3. The van der Waals surface area contributed by atoms with Crippen LogP contribution in [0.2, 0.25) is 0 Å². The number of aliphatic hydroxyl groups is 1. The topological polar surface area (TPSA) is 49.7 Å². The Morgan fingerprint density at radius 1 is 1.36 bits per heavy atom. The van der Waals surface area contributed by atoms with Gasteiger partial charge in [0.25, 0.3) is 0 Å². The molecule has 0 amide bonds. The lowest BCUT2D eigenvalue weighted by atomic mass is 9.97. The average molecular weight is 200 g/mol. The Morgan fingerprint density at radius 2 is 1.93 bits per heavy atom. The van der Waals surface area contributed by atoms with E-state index in [1.165, 1.54) is 21.0 Å². The van der Waals surface area contributed by atoms with E-state index in [0.29, 0.717) is 0 Å². The van der Waals surface area contributed by atoms with Crippen LogP contribution in [-0.4, -0.2) is 17.3 Å². The molecular weight excluding hydrogens is 187 g/mol. The van der Waals surface area contributed by atoms with Gasteiger partial charge >= 0.3 is 0 Å². The number of aromatic hydroxyl groups is 1. The van der Waals surface area contributed by atoms with Crippen molar-refractivity contribution >= 4 is 0 Å². The minimum atomic E-state index is -1.33. The highest BCUT2D eigenvalue weighted by Crippen LogP contribution is 2.33. The molecule has 0 heterocycles. The van der Waals surface area contributed by atoms with Crippen LogP contribution in [0.25, 0.3) is 0 Å². The zero-order valence-corrected chi connectivity index (χ0v) is 8.34. The van der Waals surface area contributed by atoms with Crippen LogP contribution < -0.4 is 4.74 Å². The van der Waals surface area contributed by atoms with Crippen LogP contribution in [0.1, 0.15) is 19.4 Å². The van der Waals surface area contributed by atoms with Crippen molar-refractivity contribution in [1.29, 1.82) is 0 Å². The van der Waals surface area contributed by atoms with Crippen molar-refractivity contribution in [3.8, 4) is 11.5 Å². The first-order valence-corrected chi connectivity index (χ1v) is 4.15. The van der Waals surface area contributed by atoms with E-state index in [-0.39, 0.29) is 17.1 Å². The standard InChI is InChI=1S/C10H13FO3/c1-10(2,13)6-4-8(12)9(14-3)5-7(6)11/h4-5,12-13H,1-3H3. The molecule has 4 heteroatoms. The molecule has 0 aromatic heterocycles. The summed E-state index contributed by atoms with van der Waals surface area (Å²) in [4.78, 5) is 0. The fourth-order valence-electron chi connectivity index (χ4n) is 1.18. The molecule has 0 saturated carbocycles. The van der Waals surface area contributed by atoms with Crippen LogP contribution >= 0.6 is 0 Å². The molecule has 1 rings (SSSR count). The Labute approximate surface area is 81.8 Å². The van der Waals surface area contributed by atoms with Crippen LogP contribution in [0, 0.1) is 5.82 Å². The van der Waals surface area contributed by atoms with Gasteiger partial charge < -0.3 is 14.9 Å². The van der Waals surface area contributed by atoms with E-state index >= 15 is 0 Å². The number of hydrogen-bond donors (Lipinski definition) is 2. The smallest absolute Gasteiger partial charge is 0.163 e. The van der Waals surface area contributed by atoms with Crippen LogP contribution in [0.3, 0.4) is 0 Å². The van der Waals surface area contributed by atoms with Crippen molar-refractivity contribution in [3.63, 3.8) is 0 Å².